The summed E-state index contributed by atoms with van der Waals surface area (Å²) in [5, 5.41) is 2.45. The number of ether oxygens (including phenoxy) is 1. The predicted octanol–water partition coefficient (Wildman–Crippen LogP) is 24.5. The fourth-order valence-corrected chi connectivity index (χ4v) is 15.2. The van der Waals surface area contributed by atoms with E-state index in [1.54, 1.807) is 0 Å². The molecule has 0 fully saturated rings. The van der Waals surface area contributed by atoms with E-state index >= 15 is 0 Å². The third-order valence-corrected chi connectivity index (χ3v) is 20.2. The maximum atomic E-state index is 6.17. The van der Waals surface area contributed by atoms with Crippen LogP contribution in [0.1, 0.15) is 111 Å². The number of fused-ring (bicyclic) bond motifs is 9. The Morgan fingerprint density at radius 1 is 0.409 bits per heavy atom. The Hall–Kier alpha value is -10.5. The number of nitrogens with zero attached hydrogens (tertiary/aromatic N) is 2. The molecular weight excluding hydrogens is 1130 g/mol. The van der Waals surface area contributed by atoms with Crippen LogP contribution >= 0.6 is 0 Å². The Balaban J connectivity index is 0.782. The standard InChI is InChI=1S/C90H78N2O/c1-8-61-28-32-63(33-29-61)68-38-49-77-78-50-46-74(59-84(78)89(6,7)83(77)58-68)92-86-52-39-66(64-34-41-69(42-35-64)88(3,4)5)56-80(86)81-57-67(40-53-87(81)92)65-36-43-72(44-37-65)91(71-24-16-13-17-25-71)73-45-51-79-76-26-18-19-27-82(76)90(85(79)60-73,70-22-14-12-15-23-70)54-20-10-11-21-55-93-75-47-30-62(9-2)31-48-75/h8-9,12-19,22-53,56-60H,1-2,10-11,20-21,54-55H2,3-7H3. The number of para-hydroxylation sites is 1. The first-order chi connectivity index (χ1) is 45.4. The van der Waals surface area contributed by atoms with Crippen LogP contribution in [0.2, 0.25) is 0 Å². The van der Waals surface area contributed by atoms with Crippen LogP contribution in [0.25, 0.3) is 95.3 Å². The van der Waals surface area contributed by atoms with Crippen molar-refractivity contribution in [3.05, 3.63) is 331 Å². The molecule has 0 bridgehead atoms. The molecule has 0 saturated carbocycles. The average Bonchev–Trinajstić information content (AvgIpc) is 1.58. The van der Waals surface area contributed by atoms with Crippen LogP contribution in [-0.2, 0) is 16.2 Å². The summed E-state index contributed by atoms with van der Waals surface area (Å²) in [6.45, 7) is 20.2. The van der Waals surface area contributed by atoms with Crippen molar-refractivity contribution in [1.82, 2.24) is 4.57 Å². The van der Waals surface area contributed by atoms with Gasteiger partial charge in [-0.05, 0) is 209 Å². The fourth-order valence-electron chi connectivity index (χ4n) is 15.2. The maximum absolute atomic E-state index is 6.17. The van der Waals surface area contributed by atoms with E-state index in [4.69, 9.17) is 4.74 Å². The lowest BCUT2D eigenvalue weighted by Crippen LogP contribution is -2.27. The number of hydrogen-bond acceptors (Lipinski definition) is 2. The lowest BCUT2D eigenvalue weighted by Gasteiger charge is -2.34. The highest BCUT2D eigenvalue weighted by Gasteiger charge is 2.44. The van der Waals surface area contributed by atoms with Gasteiger partial charge in [-0.25, -0.2) is 0 Å². The molecule has 0 N–H and O–H groups in total. The summed E-state index contributed by atoms with van der Waals surface area (Å²) < 4.78 is 8.67. The number of unbranched alkanes of at least 4 members (excludes halogenated alkanes) is 3. The van der Waals surface area contributed by atoms with Gasteiger partial charge in [0.25, 0.3) is 0 Å². The van der Waals surface area contributed by atoms with Crippen molar-refractivity contribution in [1.29, 1.82) is 0 Å². The quantitative estimate of drug-likeness (QED) is 0.0797. The van der Waals surface area contributed by atoms with E-state index in [0.29, 0.717) is 6.61 Å². The smallest absolute Gasteiger partial charge is 0.119 e. The van der Waals surface area contributed by atoms with Crippen molar-refractivity contribution in [3.63, 3.8) is 0 Å². The highest BCUT2D eigenvalue weighted by molar-refractivity contribution is 6.12. The van der Waals surface area contributed by atoms with E-state index in [0.717, 1.165) is 77.3 Å². The first-order valence-corrected chi connectivity index (χ1v) is 33.2. The third kappa shape index (κ3) is 10.6. The SMILES string of the molecule is C=Cc1ccc(OCCCCCCC2(c3ccccc3)c3ccccc3-c3ccc(N(c4ccccc4)c4ccc(-c5ccc6c(c5)c5cc(-c7ccc(C(C)(C)C)cc7)ccc5n6-c5ccc6c(c5)C(C)(C)c5cc(-c7ccc(C=C)cc7)ccc5-6)cc4)cc32)cc1. The molecule has 12 aromatic carbocycles. The number of benzene rings is 12. The molecule has 2 aliphatic carbocycles. The van der Waals surface area contributed by atoms with Gasteiger partial charge in [-0.3, -0.25) is 0 Å². The van der Waals surface area contributed by atoms with Crippen LogP contribution in [0, 0.1) is 0 Å². The van der Waals surface area contributed by atoms with Crippen molar-refractivity contribution in [2.24, 2.45) is 0 Å². The second kappa shape index (κ2) is 24.0. The summed E-state index contributed by atoms with van der Waals surface area (Å²) in [7, 11) is 0. The van der Waals surface area contributed by atoms with E-state index in [2.05, 4.69) is 318 Å². The summed E-state index contributed by atoms with van der Waals surface area (Å²) in [6.07, 6.45) is 9.08. The molecule has 1 aromatic heterocycles. The Morgan fingerprint density at radius 2 is 0.892 bits per heavy atom. The molecule has 1 heterocycles. The third-order valence-electron chi connectivity index (χ3n) is 20.2. The van der Waals surface area contributed by atoms with Crippen LogP contribution < -0.4 is 9.64 Å². The van der Waals surface area contributed by atoms with E-state index < -0.39 is 0 Å². The number of rotatable bonds is 18. The highest BCUT2D eigenvalue weighted by Crippen LogP contribution is 2.57. The Bertz CT molecular complexity index is 4950. The van der Waals surface area contributed by atoms with Gasteiger partial charge in [0, 0.05) is 44.4 Å². The number of aromatic nitrogens is 1. The molecule has 0 saturated heterocycles. The van der Waals surface area contributed by atoms with Crippen molar-refractivity contribution in [2.75, 3.05) is 11.5 Å². The fraction of sp³-hybridized carbons (Fsp3) is 0.156. The summed E-state index contributed by atoms with van der Waals surface area (Å²) in [4.78, 5) is 2.44. The van der Waals surface area contributed by atoms with E-state index in [9.17, 15) is 0 Å². The monoisotopic (exact) mass is 1200 g/mol. The normalized spacial score (nSPS) is 14.3. The minimum absolute atomic E-state index is 0.0681. The van der Waals surface area contributed by atoms with Gasteiger partial charge >= 0.3 is 0 Å². The summed E-state index contributed by atoms with van der Waals surface area (Å²) in [5.41, 5.74) is 29.2. The zero-order valence-electron chi connectivity index (χ0n) is 54.1. The lowest BCUT2D eigenvalue weighted by molar-refractivity contribution is 0.303. The second-order valence-corrected chi connectivity index (χ2v) is 27.1. The maximum Gasteiger partial charge on any atom is 0.119 e. The molecule has 0 amide bonds. The number of hydrogen-bond donors (Lipinski definition) is 0. The van der Waals surface area contributed by atoms with Crippen LogP contribution in [0.15, 0.2) is 286 Å². The van der Waals surface area contributed by atoms with Gasteiger partial charge in [0.05, 0.1) is 17.6 Å². The minimum atomic E-state index is -0.328. The minimum Gasteiger partial charge on any atom is -0.494 e. The Morgan fingerprint density at radius 3 is 1.54 bits per heavy atom. The van der Waals surface area contributed by atoms with Crippen LogP contribution in [0.5, 0.6) is 5.75 Å². The largest absolute Gasteiger partial charge is 0.494 e. The molecule has 2 aliphatic rings. The zero-order valence-corrected chi connectivity index (χ0v) is 54.1. The Labute approximate surface area is 549 Å². The van der Waals surface area contributed by atoms with E-state index in [-0.39, 0.29) is 16.2 Å². The van der Waals surface area contributed by atoms with Crippen molar-refractivity contribution < 1.29 is 4.74 Å². The van der Waals surface area contributed by atoms with Crippen LogP contribution in [0.4, 0.5) is 17.1 Å². The van der Waals surface area contributed by atoms with Crippen molar-refractivity contribution >= 4 is 51.0 Å². The molecule has 1 atom stereocenters. The Kier molecular flexibility index (Phi) is 15.2. The molecule has 1 unspecified atom stereocenters. The summed E-state index contributed by atoms with van der Waals surface area (Å²) in [5.74, 6) is 0.912. The molecule has 13 aromatic rings. The second-order valence-electron chi connectivity index (χ2n) is 27.1. The van der Waals surface area contributed by atoms with Crippen molar-refractivity contribution in [2.45, 2.75) is 83.0 Å². The molecule has 3 heteroatoms. The molecule has 454 valence electrons. The van der Waals surface area contributed by atoms with E-state index in [1.807, 2.05) is 24.3 Å². The molecular formula is C90H78N2O. The predicted molar refractivity (Wildman–Crippen MR) is 395 cm³/mol. The van der Waals surface area contributed by atoms with Gasteiger partial charge in [-0.2, -0.15) is 0 Å². The first-order valence-electron chi connectivity index (χ1n) is 33.2. The number of anilines is 3. The molecule has 0 radical (unpaired) electrons. The molecule has 3 nitrogen and oxygen atoms in total. The van der Waals surface area contributed by atoms with Gasteiger partial charge in [0.2, 0.25) is 0 Å². The van der Waals surface area contributed by atoms with Crippen molar-refractivity contribution in [3.8, 4) is 67.1 Å². The van der Waals surface area contributed by atoms with Gasteiger partial charge in [0.1, 0.15) is 5.75 Å². The van der Waals surface area contributed by atoms with Gasteiger partial charge in [-0.1, -0.05) is 261 Å². The average molecular weight is 1200 g/mol. The topological polar surface area (TPSA) is 17.4 Å². The molecule has 15 rings (SSSR count). The molecule has 93 heavy (non-hydrogen) atoms. The van der Waals surface area contributed by atoms with Crippen LogP contribution in [0.3, 0.4) is 0 Å². The van der Waals surface area contributed by atoms with Gasteiger partial charge in [-0.15, -0.1) is 0 Å². The van der Waals surface area contributed by atoms with Crippen LogP contribution in [-0.4, -0.2) is 11.2 Å². The van der Waals surface area contributed by atoms with E-state index in [1.165, 1.54) is 105 Å². The zero-order chi connectivity index (χ0) is 63.4. The summed E-state index contributed by atoms with van der Waals surface area (Å²) in [6, 6.07) is 102. The summed E-state index contributed by atoms with van der Waals surface area (Å²) >= 11 is 0. The first kappa shape index (κ1) is 58.9. The molecule has 0 spiro atoms. The lowest BCUT2D eigenvalue weighted by atomic mass is 9.69. The van der Waals surface area contributed by atoms with Gasteiger partial charge < -0.3 is 14.2 Å². The van der Waals surface area contributed by atoms with Gasteiger partial charge in [0.15, 0.2) is 0 Å². The molecule has 0 aliphatic heterocycles. The highest BCUT2D eigenvalue weighted by atomic mass is 16.5.